The first-order chi connectivity index (χ1) is 8.08. The van der Waals surface area contributed by atoms with E-state index in [-0.39, 0.29) is 0 Å². The lowest BCUT2D eigenvalue weighted by Gasteiger charge is -2.12. The maximum atomic E-state index is 13.5. The highest BCUT2D eigenvalue weighted by atomic mass is 19.1. The van der Waals surface area contributed by atoms with Crippen molar-refractivity contribution in [1.29, 1.82) is 0 Å². The van der Waals surface area contributed by atoms with Crippen LogP contribution in [0.5, 0.6) is 0 Å². The average Bonchev–Trinajstić information content (AvgIpc) is 2.64. The Bertz CT molecular complexity index is 522. The lowest BCUT2D eigenvalue weighted by Crippen LogP contribution is -2.17. The fraction of sp³-hybridized carbons (Fsp3) is 0.250. The maximum absolute atomic E-state index is 13.5. The number of nitrogens with zero attached hydrogens (tertiary/aromatic N) is 2. The summed E-state index contributed by atoms with van der Waals surface area (Å²) in [6.07, 6.45) is 3.86. The van der Waals surface area contributed by atoms with Gasteiger partial charge in [-0.2, -0.15) is 0 Å². The van der Waals surface area contributed by atoms with Gasteiger partial charge in [-0.05, 0) is 6.07 Å². The van der Waals surface area contributed by atoms with Gasteiger partial charge in [0.1, 0.15) is 17.5 Å². The average molecular weight is 237 g/mol. The molecule has 0 aliphatic heterocycles. The van der Waals surface area contributed by atoms with E-state index in [0.29, 0.717) is 12.0 Å². The van der Waals surface area contributed by atoms with Crippen LogP contribution in [0.4, 0.5) is 8.78 Å². The predicted octanol–water partition coefficient (Wildman–Crippen LogP) is 1.94. The second-order valence-electron chi connectivity index (χ2n) is 3.93. The Balaban J connectivity index is 2.20. The van der Waals surface area contributed by atoms with E-state index < -0.39 is 17.7 Å². The Morgan fingerprint density at radius 1 is 1.41 bits per heavy atom. The molecule has 1 unspecified atom stereocenters. The molecule has 0 fully saturated rings. The van der Waals surface area contributed by atoms with E-state index in [2.05, 4.69) is 4.98 Å². The lowest BCUT2D eigenvalue weighted by atomic mass is 10.0. The number of benzene rings is 1. The Hall–Kier alpha value is -1.75. The summed E-state index contributed by atoms with van der Waals surface area (Å²) >= 11 is 0. The maximum Gasteiger partial charge on any atom is 0.130 e. The minimum Gasteiger partial charge on any atom is -0.338 e. The van der Waals surface area contributed by atoms with Crippen molar-refractivity contribution in [3.63, 3.8) is 0 Å². The first kappa shape index (κ1) is 11.7. The third-order valence-electron chi connectivity index (χ3n) is 2.69. The zero-order valence-corrected chi connectivity index (χ0v) is 9.40. The Morgan fingerprint density at radius 2 is 2.18 bits per heavy atom. The van der Waals surface area contributed by atoms with Gasteiger partial charge in [0.05, 0.1) is 0 Å². The van der Waals surface area contributed by atoms with E-state index in [0.717, 1.165) is 11.9 Å². The summed E-state index contributed by atoms with van der Waals surface area (Å²) in [4.78, 5) is 4.11. The van der Waals surface area contributed by atoms with Crippen LogP contribution in [0.15, 0.2) is 30.6 Å². The van der Waals surface area contributed by atoms with Crippen molar-refractivity contribution in [2.75, 3.05) is 0 Å². The molecule has 1 aromatic heterocycles. The monoisotopic (exact) mass is 237 g/mol. The molecule has 1 atom stereocenters. The number of aromatic nitrogens is 2. The number of rotatable bonds is 3. The van der Waals surface area contributed by atoms with Crippen LogP contribution in [0.3, 0.4) is 0 Å². The van der Waals surface area contributed by atoms with Crippen molar-refractivity contribution in [2.24, 2.45) is 12.8 Å². The first-order valence-electron chi connectivity index (χ1n) is 5.24. The van der Waals surface area contributed by atoms with Crippen LogP contribution in [0, 0.1) is 11.6 Å². The van der Waals surface area contributed by atoms with Crippen molar-refractivity contribution >= 4 is 0 Å². The Morgan fingerprint density at radius 3 is 2.76 bits per heavy atom. The molecular formula is C12H13F2N3. The minimum atomic E-state index is -0.619. The van der Waals surface area contributed by atoms with Gasteiger partial charge in [0.25, 0.3) is 0 Å². The topological polar surface area (TPSA) is 43.8 Å². The summed E-state index contributed by atoms with van der Waals surface area (Å²) in [5.41, 5.74) is 6.19. The van der Waals surface area contributed by atoms with Gasteiger partial charge in [0, 0.05) is 43.5 Å². The van der Waals surface area contributed by atoms with Crippen LogP contribution in [0.25, 0.3) is 0 Å². The number of imidazole rings is 1. The fourth-order valence-electron chi connectivity index (χ4n) is 1.70. The summed E-state index contributed by atoms with van der Waals surface area (Å²) < 4.78 is 28.1. The largest absolute Gasteiger partial charge is 0.338 e. The molecule has 90 valence electrons. The molecule has 2 aromatic rings. The van der Waals surface area contributed by atoms with Crippen LogP contribution in [-0.2, 0) is 13.5 Å². The first-order valence-corrected chi connectivity index (χ1v) is 5.24. The lowest BCUT2D eigenvalue weighted by molar-refractivity contribution is 0.548. The normalized spacial score (nSPS) is 12.7. The molecule has 0 saturated carbocycles. The van der Waals surface area contributed by atoms with E-state index in [9.17, 15) is 8.78 Å². The van der Waals surface area contributed by atoms with Gasteiger partial charge in [-0.3, -0.25) is 0 Å². The van der Waals surface area contributed by atoms with Gasteiger partial charge in [0.15, 0.2) is 0 Å². The van der Waals surface area contributed by atoms with E-state index >= 15 is 0 Å². The van der Waals surface area contributed by atoms with E-state index in [1.165, 1.54) is 12.1 Å². The third-order valence-corrected chi connectivity index (χ3v) is 2.69. The third kappa shape index (κ3) is 2.50. The molecule has 3 nitrogen and oxygen atoms in total. The van der Waals surface area contributed by atoms with Gasteiger partial charge in [-0.25, -0.2) is 13.8 Å². The number of nitrogens with two attached hydrogens (primary N) is 1. The molecule has 0 aliphatic carbocycles. The van der Waals surface area contributed by atoms with Gasteiger partial charge in [0.2, 0.25) is 0 Å². The molecule has 0 spiro atoms. The van der Waals surface area contributed by atoms with Crippen LogP contribution in [-0.4, -0.2) is 9.55 Å². The Kier molecular flexibility index (Phi) is 3.19. The van der Waals surface area contributed by atoms with Crippen LogP contribution in [0.1, 0.15) is 17.4 Å². The summed E-state index contributed by atoms with van der Waals surface area (Å²) in [5, 5.41) is 0. The highest BCUT2D eigenvalue weighted by molar-refractivity contribution is 5.22. The number of halogens is 2. The standard InChI is InChI=1S/C12H13F2N3/c1-17-5-4-16-12(17)7-11(15)9-3-2-8(13)6-10(9)14/h2-6,11H,7,15H2,1H3. The van der Waals surface area contributed by atoms with Gasteiger partial charge < -0.3 is 10.3 Å². The Labute approximate surface area is 97.9 Å². The number of hydrogen-bond acceptors (Lipinski definition) is 2. The molecule has 0 bridgehead atoms. The highest BCUT2D eigenvalue weighted by Gasteiger charge is 2.14. The molecule has 1 heterocycles. The second kappa shape index (κ2) is 4.63. The van der Waals surface area contributed by atoms with Crippen LogP contribution < -0.4 is 5.73 Å². The van der Waals surface area contributed by atoms with Crippen molar-refractivity contribution in [2.45, 2.75) is 12.5 Å². The fourth-order valence-corrected chi connectivity index (χ4v) is 1.70. The smallest absolute Gasteiger partial charge is 0.130 e. The van der Waals surface area contributed by atoms with Gasteiger partial charge in [-0.15, -0.1) is 0 Å². The van der Waals surface area contributed by atoms with E-state index in [4.69, 9.17) is 5.73 Å². The van der Waals surface area contributed by atoms with Crippen molar-refractivity contribution in [1.82, 2.24) is 9.55 Å². The van der Waals surface area contributed by atoms with Gasteiger partial charge >= 0.3 is 0 Å². The van der Waals surface area contributed by atoms with E-state index in [1.807, 2.05) is 11.6 Å². The molecule has 2 N–H and O–H groups in total. The predicted molar refractivity (Wildman–Crippen MR) is 60.2 cm³/mol. The zero-order chi connectivity index (χ0) is 12.4. The van der Waals surface area contributed by atoms with Crippen molar-refractivity contribution < 1.29 is 8.78 Å². The second-order valence-corrected chi connectivity index (χ2v) is 3.93. The number of aryl methyl sites for hydroxylation is 1. The SMILES string of the molecule is Cn1ccnc1CC(N)c1ccc(F)cc1F. The molecule has 5 heteroatoms. The molecule has 1 aromatic carbocycles. The molecule has 0 amide bonds. The van der Waals surface area contributed by atoms with Crippen LogP contribution >= 0.6 is 0 Å². The van der Waals surface area contributed by atoms with Crippen molar-refractivity contribution in [3.8, 4) is 0 Å². The van der Waals surface area contributed by atoms with Crippen molar-refractivity contribution in [3.05, 3.63) is 53.6 Å². The summed E-state index contributed by atoms with van der Waals surface area (Å²) in [6.45, 7) is 0. The molecule has 2 rings (SSSR count). The zero-order valence-electron chi connectivity index (χ0n) is 9.40. The highest BCUT2D eigenvalue weighted by Crippen LogP contribution is 2.19. The minimum absolute atomic E-state index is 0.300. The summed E-state index contributed by atoms with van der Waals surface area (Å²) in [7, 11) is 1.84. The van der Waals surface area contributed by atoms with E-state index in [1.54, 1.807) is 12.4 Å². The molecule has 0 radical (unpaired) electrons. The summed E-state index contributed by atoms with van der Waals surface area (Å²) in [6, 6.07) is 2.89. The molecule has 17 heavy (non-hydrogen) atoms. The number of hydrogen-bond donors (Lipinski definition) is 1. The quantitative estimate of drug-likeness (QED) is 0.886. The van der Waals surface area contributed by atoms with Gasteiger partial charge in [-0.1, -0.05) is 6.07 Å². The molecule has 0 saturated heterocycles. The van der Waals surface area contributed by atoms with Crippen LogP contribution in [0.2, 0.25) is 0 Å². The molecule has 0 aliphatic rings. The summed E-state index contributed by atoms with van der Waals surface area (Å²) in [5.74, 6) is -0.455. The molecular weight excluding hydrogens is 224 g/mol.